The van der Waals surface area contributed by atoms with Crippen LogP contribution in [-0.4, -0.2) is 28.2 Å². The number of hydrogen-bond donors (Lipinski definition) is 3. The van der Waals surface area contributed by atoms with E-state index in [1.54, 1.807) is 12.1 Å². The third-order valence-electron chi connectivity index (χ3n) is 3.61. The molecular weight excluding hydrogens is 446 g/mol. The molecule has 1 aromatic heterocycles. The fourth-order valence-corrected chi connectivity index (χ4v) is 2.81. The van der Waals surface area contributed by atoms with Gasteiger partial charge in [0.1, 0.15) is 11.6 Å². The number of aromatic nitrogens is 2. The molecule has 0 aliphatic carbocycles. The fraction of sp³-hybridized carbons (Fsp3) is 0.158. The Hall–Kier alpha value is -2.26. The summed E-state index contributed by atoms with van der Waals surface area (Å²) >= 11 is 2.07. The zero-order chi connectivity index (χ0) is 18.4. The topological polar surface area (TPSA) is 70.1 Å². The van der Waals surface area contributed by atoms with Crippen molar-refractivity contribution in [2.24, 2.45) is 0 Å². The molecule has 7 heteroatoms. The van der Waals surface area contributed by atoms with Crippen LogP contribution in [0.4, 0.5) is 21.8 Å². The summed E-state index contributed by atoms with van der Waals surface area (Å²) in [6, 6.07) is 16.5. The van der Waals surface area contributed by atoms with Gasteiger partial charge in [-0.15, -0.1) is 0 Å². The van der Waals surface area contributed by atoms with Crippen molar-refractivity contribution in [3.63, 3.8) is 0 Å². The SMILES string of the molecule is OCCCNc1nc(Nc2ccc(I)cc2F)cc(-c2ccccc2)n1. The van der Waals surface area contributed by atoms with E-state index in [-0.39, 0.29) is 12.4 Å². The number of anilines is 3. The largest absolute Gasteiger partial charge is 0.396 e. The van der Waals surface area contributed by atoms with Gasteiger partial charge in [-0.3, -0.25) is 0 Å². The van der Waals surface area contributed by atoms with Crippen LogP contribution in [0.3, 0.4) is 0 Å². The first kappa shape index (κ1) is 18.5. The van der Waals surface area contributed by atoms with Crippen LogP contribution < -0.4 is 10.6 Å². The molecular formula is C19H18FIN4O. The van der Waals surface area contributed by atoms with Crippen LogP contribution in [0.25, 0.3) is 11.3 Å². The van der Waals surface area contributed by atoms with Gasteiger partial charge >= 0.3 is 0 Å². The quantitative estimate of drug-likeness (QED) is 0.357. The van der Waals surface area contributed by atoms with Gasteiger partial charge in [-0.05, 0) is 47.2 Å². The molecule has 0 spiro atoms. The number of halogens is 2. The Kier molecular flexibility index (Phi) is 6.35. The van der Waals surface area contributed by atoms with Gasteiger partial charge in [-0.1, -0.05) is 30.3 Å². The van der Waals surface area contributed by atoms with E-state index >= 15 is 0 Å². The van der Waals surface area contributed by atoms with Crippen LogP contribution in [0.5, 0.6) is 0 Å². The summed E-state index contributed by atoms with van der Waals surface area (Å²) in [4.78, 5) is 8.92. The van der Waals surface area contributed by atoms with E-state index in [0.29, 0.717) is 30.4 Å². The third-order valence-corrected chi connectivity index (χ3v) is 4.28. The number of aliphatic hydroxyl groups is 1. The summed E-state index contributed by atoms with van der Waals surface area (Å²) in [7, 11) is 0. The average Bonchev–Trinajstić information content (AvgIpc) is 2.65. The Morgan fingerprint density at radius 2 is 1.85 bits per heavy atom. The van der Waals surface area contributed by atoms with Gasteiger partial charge in [0.05, 0.1) is 11.4 Å². The number of nitrogens with zero attached hydrogens (tertiary/aromatic N) is 2. The normalized spacial score (nSPS) is 10.6. The second-order valence-corrected chi connectivity index (χ2v) is 6.83. The highest BCUT2D eigenvalue weighted by Gasteiger charge is 2.09. The van der Waals surface area contributed by atoms with E-state index in [0.717, 1.165) is 14.8 Å². The molecule has 3 N–H and O–H groups in total. The van der Waals surface area contributed by atoms with Crippen LogP contribution in [0, 0.1) is 9.39 Å². The maximum absolute atomic E-state index is 14.2. The van der Waals surface area contributed by atoms with Crippen molar-refractivity contribution < 1.29 is 9.50 Å². The lowest BCUT2D eigenvalue weighted by atomic mass is 10.1. The van der Waals surface area contributed by atoms with Crippen molar-refractivity contribution in [3.05, 3.63) is 64.0 Å². The van der Waals surface area contributed by atoms with Crippen LogP contribution >= 0.6 is 22.6 Å². The summed E-state index contributed by atoms with van der Waals surface area (Å²) < 4.78 is 15.0. The molecule has 0 fully saturated rings. The first-order chi connectivity index (χ1) is 12.7. The number of rotatable bonds is 7. The number of benzene rings is 2. The number of hydrogen-bond acceptors (Lipinski definition) is 5. The molecule has 0 radical (unpaired) electrons. The lowest BCUT2D eigenvalue weighted by molar-refractivity contribution is 0.292. The van der Waals surface area contributed by atoms with Crippen molar-refractivity contribution in [2.45, 2.75) is 6.42 Å². The monoisotopic (exact) mass is 464 g/mol. The minimum Gasteiger partial charge on any atom is -0.396 e. The lowest BCUT2D eigenvalue weighted by Gasteiger charge is -2.12. The van der Waals surface area contributed by atoms with E-state index in [1.807, 2.05) is 36.4 Å². The van der Waals surface area contributed by atoms with Crippen LogP contribution in [0.1, 0.15) is 6.42 Å². The van der Waals surface area contributed by atoms with Gasteiger partial charge in [-0.25, -0.2) is 9.37 Å². The van der Waals surface area contributed by atoms with Crippen molar-refractivity contribution in [2.75, 3.05) is 23.8 Å². The zero-order valence-electron chi connectivity index (χ0n) is 13.9. The average molecular weight is 464 g/mol. The summed E-state index contributed by atoms with van der Waals surface area (Å²) in [5.41, 5.74) is 2.01. The van der Waals surface area contributed by atoms with E-state index in [1.165, 1.54) is 6.07 Å². The highest BCUT2D eigenvalue weighted by Crippen LogP contribution is 2.25. The zero-order valence-corrected chi connectivity index (χ0v) is 16.1. The minimum atomic E-state index is -0.341. The van der Waals surface area contributed by atoms with E-state index < -0.39 is 0 Å². The Morgan fingerprint density at radius 1 is 1.04 bits per heavy atom. The van der Waals surface area contributed by atoms with Crippen molar-refractivity contribution in [3.8, 4) is 11.3 Å². The van der Waals surface area contributed by atoms with Gasteiger partial charge in [0.2, 0.25) is 5.95 Å². The molecule has 0 atom stereocenters. The lowest BCUT2D eigenvalue weighted by Crippen LogP contribution is -2.09. The summed E-state index contributed by atoms with van der Waals surface area (Å²) in [6.07, 6.45) is 0.591. The van der Waals surface area contributed by atoms with E-state index in [2.05, 4.69) is 43.2 Å². The van der Waals surface area contributed by atoms with E-state index in [4.69, 9.17) is 5.11 Å². The van der Waals surface area contributed by atoms with E-state index in [9.17, 15) is 4.39 Å². The first-order valence-corrected chi connectivity index (χ1v) is 9.25. The molecule has 0 bridgehead atoms. The van der Waals surface area contributed by atoms with Gasteiger partial charge < -0.3 is 15.7 Å². The fourth-order valence-electron chi connectivity index (χ4n) is 2.36. The Bertz CT molecular complexity index is 877. The second kappa shape index (κ2) is 8.91. The molecule has 3 rings (SSSR count). The second-order valence-electron chi connectivity index (χ2n) is 5.58. The van der Waals surface area contributed by atoms with Gasteiger partial charge in [0.25, 0.3) is 0 Å². The number of aliphatic hydroxyl groups excluding tert-OH is 1. The molecule has 0 saturated heterocycles. The third kappa shape index (κ3) is 4.89. The summed E-state index contributed by atoms with van der Waals surface area (Å²) in [5.74, 6) is 0.574. The summed E-state index contributed by atoms with van der Waals surface area (Å²) in [6.45, 7) is 0.635. The van der Waals surface area contributed by atoms with Gasteiger partial charge in [0.15, 0.2) is 0 Å². The highest BCUT2D eigenvalue weighted by molar-refractivity contribution is 14.1. The van der Waals surface area contributed by atoms with Gasteiger partial charge in [0, 0.05) is 28.4 Å². The predicted octanol–water partition coefficient (Wildman–Crippen LogP) is 4.43. The molecule has 1 heterocycles. The van der Waals surface area contributed by atoms with Crippen LogP contribution in [-0.2, 0) is 0 Å². The standard InChI is InChI=1S/C19H18FIN4O/c20-15-11-14(21)7-8-16(15)23-18-12-17(13-5-2-1-3-6-13)24-19(25-18)22-9-4-10-26/h1-3,5-8,11-12,26H,4,9-10H2,(H2,22,23,24,25). The first-order valence-electron chi connectivity index (χ1n) is 8.17. The maximum atomic E-state index is 14.2. The molecule has 5 nitrogen and oxygen atoms in total. The molecule has 2 aromatic carbocycles. The Balaban J connectivity index is 1.93. The molecule has 0 amide bonds. The van der Waals surface area contributed by atoms with Crippen molar-refractivity contribution in [1.82, 2.24) is 9.97 Å². The molecule has 0 aliphatic heterocycles. The maximum Gasteiger partial charge on any atom is 0.225 e. The van der Waals surface area contributed by atoms with Crippen molar-refractivity contribution in [1.29, 1.82) is 0 Å². The minimum absolute atomic E-state index is 0.0876. The summed E-state index contributed by atoms with van der Waals surface area (Å²) in [5, 5.41) is 15.1. The predicted molar refractivity (Wildman–Crippen MR) is 110 cm³/mol. The van der Waals surface area contributed by atoms with Crippen LogP contribution in [0.15, 0.2) is 54.6 Å². The van der Waals surface area contributed by atoms with Crippen LogP contribution in [0.2, 0.25) is 0 Å². The molecule has 0 aliphatic rings. The Morgan fingerprint density at radius 3 is 2.58 bits per heavy atom. The molecule has 0 unspecified atom stereocenters. The molecule has 0 saturated carbocycles. The molecule has 3 aromatic rings. The van der Waals surface area contributed by atoms with Gasteiger partial charge in [-0.2, -0.15) is 4.98 Å². The smallest absolute Gasteiger partial charge is 0.225 e. The molecule has 26 heavy (non-hydrogen) atoms. The Labute approximate surface area is 164 Å². The number of nitrogens with one attached hydrogen (secondary N) is 2. The molecule has 134 valence electrons. The van der Waals surface area contributed by atoms with Crippen molar-refractivity contribution >= 4 is 40.0 Å². The highest BCUT2D eigenvalue weighted by atomic mass is 127.